The van der Waals surface area contributed by atoms with Gasteiger partial charge in [-0.1, -0.05) is 84.0 Å². The molecule has 2 aromatic carbocycles. The number of aliphatic carboxylic acids is 1. The third-order valence-corrected chi connectivity index (χ3v) is 19.8. The van der Waals surface area contributed by atoms with Crippen LogP contribution < -0.4 is 10.1 Å². The van der Waals surface area contributed by atoms with Crippen LogP contribution in [0.3, 0.4) is 0 Å². The zero-order chi connectivity index (χ0) is 42.4. The average molecular weight is 798 g/mol. The molecule has 10 heteroatoms. The maximum atomic E-state index is 13.6. The Morgan fingerprint density at radius 3 is 1.73 bits per heavy atom. The molecule has 2 aromatic rings. The highest BCUT2D eigenvalue weighted by atomic mass is 28.4. The number of carboxylic acids is 1. The number of ether oxygens (including phenoxy) is 2. The second kappa shape index (κ2) is 18.6. The van der Waals surface area contributed by atoms with Crippen molar-refractivity contribution in [2.75, 3.05) is 0 Å². The molecule has 0 saturated heterocycles. The third kappa shape index (κ3) is 15.5. The number of carbonyl (C=O) groups excluding carboxylic acids is 1. The number of hydrogen-bond acceptors (Lipinski definition) is 6. The fourth-order valence-electron chi connectivity index (χ4n) is 5.82. The van der Waals surface area contributed by atoms with Crippen LogP contribution in [0.15, 0.2) is 54.6 Å². The van der Waals surface area contributed by atoms with Crippen LogP contribution in [0.4, 0.5) is 4.79 Å². The minimum atomic E-state index is -2.41. The molecule has 4 atom stereocenters. The van der Waals surface area contributed by atoms with E-state index in [-0.39, 0.29) is 15.7 Å². The Kier molecular flexibility index (Phi) is 16.3. The van der Waals surface area contributed by atoms with Crippen LogP contribution >= 0.6 is 0 Å². The molecular weight excluding hydrogens is 723 g/mol. The van der Waals surface area contributed by atoms with E-state index in [9.17, 15) is 14.7 Å². The van der Waals surface area contributed by atoms with Gasteiger partial charge < -0.3 is 28.7 Å². The zero-order valence-electron chi connectivity index (χ0n) is 37.5. The first-order chi connectivity index (χ1) is 24.8. The normalized spacial score (nSPS) is 15.7. The first kappa shape index (κ1) is 48.2. The molecule has 2 rings (SSSR count). The summed E-state index contributed by atoms with van der Waals surface area (Å²) in [5, 5.41) is 13.6. The van der Waals surface area contributed by atoms with Crippen LogP contribution in [0.2, 0.25) is 36.3 Å². The fraction of sp³-hybridized carbons (Fsp3) is 0.644. The first-order valence-corrected chi connectivity index (χ1v) is 25.7. The van der Waals surface area contributed by atoms with Gasteiger partial charge in [0.2, 0.25) is 0 Å². The molecule has 0 aromatic heterocycles. The van der Waals surface area contributed by atoms with Crippen LogP contribution in [0.5, 0.6) is 5.75 Å². The largest absolute Gasteiger partial charge is 0.488 e. The van der Waals surface area contributed by atoms with Crippen molar-refractivity contribution in [2.24, 2.45) is 5.92 Å². The Hall–Kier alpha value is -2.93. The quantitative estimate of drug-likeness (QED) is 0.129. The zero-order valence-corrected chi connectivity index (χ0v) is 39.5. The molecular formula is C45H75NO7Si2. The summed E-state index contributed by atoms with van der Waals surface area (Å²) in [6.07, 6.45) is 3.55. The molecule has 8 nitrogen and oxygen atoms in total. The summed E-state index contributed by atoms with van der Waals surface area (Å²) >= 11 is 0. The van der Waals surface area contributed by atoms with Crippen molar-refractivity contribution < 1.29 is 33.0 Å². The second-order valence-corrected chi connectivity index (χ2v) is 29.8. The predicted octanol–water partition coefficient (Wildman–Crippen LogP) is 11.6. The van der Waals surface area contributed by atoms with Crippen molar-refractivity contribution in [3.05, 3.63) is 76.9 Å². The fourth-order valence-corrected chi connectivity index (χ4v) is 8.47. The number of benzene rings is 2. The Bertz CT molecular complexity index is 1570. The Labute approximate surface area is 336 Å². The summed E-state index contributed by atoms with van der Waals surface area (Å²) in [5.74, 6) is -0.904. The second-order valence-electron chi connectivity index (χ2n) is 20.3. The highest BCUT2D eigenvalue weighted by molar-refractivity contribution is 6.74. The van der Waals surface area contributed by atoms with E-state index in [1.807, 2.05) is 84.0 Å². The lowest BCUT2D eigenvalue weighted by atomic mass is 9.91. The van der Waals surface area contributed by atoms with Crippen molar-refractivity contribution in [3.63, 3.8) is 0 Å². The standard InChI is InChI=1S/C45H75NO7Si2/c1-31-27-34(50-42(3,4)5)28-32(2)35(31)30-37(46-41(49)51-43(6,7)8)39(53-55(17,18)45(12,13)14)26-22-25-38(52-54(15,16)44(9,10)11)36(40(47)48)29-33-23-20-19-21-24-33/h19-25,27-28,36-39H,26,29-30H2,1-18H3,(H,46,49)(H,47,48)/t36-,37+,38+,39+/m1/s1. The van der Waals surface area contributed by atoms with Gasteiger partial charge in [0.1, 0.15) is 17.0 Å². The molecule has 0 radical (unpaired) electrons. The molecule has 1 amide bonds. The minimum Gasteiger partial charge on any atom is -0.488 e. The summed E-state index contributed by atoms with van der Waals surface area (Å²) < 4.78 is 26.2. The number of carboxylic acid groups (broad SMARTS) is 1. The van der Waals surface area contributed by atoms with Gasteiger partial charge in [0.15, 0.2) is 16.6 Å². The van der Waals surface area contributed by atoms with Crippen molar-refractivity contribution in [1.82, 2.24) is 5.32 Å². The molecule has 0 aliphatic rings. The third-order valence-electron chi connectivity index (χ3n) is 10.9. The van der Waals surface area contributed by atoms with Crippen LogP contribution in [-0.2, 0) is 31.2 Å². The molecule has 0 fully saturated rings. The Morgan fingerprint density at radius 2 is 1.27 bits per heavy atom. The summed E-state index contributed by atoms with van der Waals surface area (Å²) in [6.45, 7) is 37.6. The summed E-state index contributed by atoms with van der Waals surface area (Å²) in [5.41, 5.74) is 3.12. The molecule has 55 heavy (non-hydrogen) atoms. The van der Waals surface area contributed by atoms with E-state index in [0.29, 0.717) is 19.3 Å². The van der Waals surface area contributed by atoms with Gasteiger partial charge >= 0.3 is 12.1 Å². The molecule has 0 aliphatic carbocycles. The molecule has 0 spiro atoms. The summed E-state index contributed by atoms with van der Waals surface area (Å²) in [4.78, 5) is 26.6. The van der Waals surface area contributed by atoms with Crippen molar-refractivity contribution in [3.8, 4) is 5.75 Å². The van der Waals surface area contributed by atoms with Crippen LogP contribution in [0.1, 0.15) is 112 Å². The van der Waals surface area contributed by atoms with E-state index in [2.05, 4.69) is 99.0 Å². The number of alkyl carbamates (subject to hydrolysis) is 1. The van der Waals surface area contributed by atoms with Crippen LogP contribution in [0.25, 0.3) is 0 Å². The summed E-state index contributed by atoms with van der Waals surface area (Å²) in [7, 11) is -4.81. The molecule has 0 bridgehead atoms. The van der Waals surface area contributed by atoms with Crippen molar-refractivity contribution >= 4 is 28.7 Å². The number of aryl methyl sites for hydroxylation is 2. The van der Waals surface area contributed by atoms with Gasteiger partial charge in [0.25, 0.3) is 0 Å². The lowest BCUT2D eigenvalue weighted by Crippen LogP contribution is -2.53. The van der Waals surface area contributed by atoms with Crippen molar-refractivity contribution in [2.45, 2.75) is 182 Å². The molecule has 0 saturated carbocycles. The minimum absolute atomic E-state index is 0.110. The highest BCUT2D eigenvalue weighted by Gasteiger charge is 2.43. The van der Waals surface area contributed by atoms with E-state index in [0.717, 1.165) is 28.0 Å². The van der Waals surface area contributed by atoms with E-state index >= 15 is 0 Å². The first-order valence-electron chi connectivity index (χ1n) is 19.9. The Balaban J connectivity index is 2.73. The summed E-state index contributed by atoms with van der Waals surface area (Å²) in [6, 6.07) is 13.4. The van der Waals surface area contributed by atoms with Gasteiger partial charge in [0, 0.05) is 0 Å². The lowest BCUT2D eigenvalue weighted by molar-refractivity contribution is -0.144. The number of rotatable bonds is 16. The van der Waals surface area contributed by atoms with Gasteiger partial charge in [-0.05, 0) is 145 Å². The molecule has 0 aliphatic heterocycles. The SMILES string of the molecule is Cc1cc(OC(C)(C)C)cc(C)c1C[C@H](NC(=O)OC(C)(C)C)[C@H](CC=C[C@H](O[Si](C)(C)C(C)(C)C)[C@@H](Cc1ccccc1)C(=O)O)O[Si](C)(C)C(C)(C)C. The molecule has 0 heterocycles. The number of amides is 1. The molecule has 310 valence electrons. The number of carbonyl (C=O) groups is 2. The molecule has 0 unspecified atom stereocenters. The average Bonchev–Trinajstić information content (AvgIpc) is 2.97. The van der Waals surface area contributed by atoms with Crippen molar-refractivity contribution in [1.29, 1.82) is 0 Å². The maximum absolute atomic E-state index is 13.6. The Morgan fingerprint density at radius 1 is 0.764 bits per heavy atom. The van der Waals surface area contributed by atoms with E-state index in [4.69, 9.17) is 18.3 Å². The van der Waals surface area contributed by atoms with E-state index in [1.165, 1.54) is 0 Å². The van der Waals surface area contributed by atoms with E-state index in [1.54, 1.807) is 0 Å². The monoisotopic (exact) mass is 798 g/mol. The van der Waals surface area contributed by atoms with Gasteiger partial charge in [-0.2, -0.15) is 0 Å². The number of nitrogens with one attached hydrogen (secondary N) is 1. The number of hydrogen-bond donors (Lipinski definition) is 2. The van der Waals surface area contributed by atoms with Gasteiger partial charge in [0.05, 0.1) is 24.2 Å². The predicted molar refractivity (Wildman–Crippen MR) is 232 cm³/mol. The smallest absolute Gasteiger partial charge is 0.407 e. The van der Waals surface area contributed by atoms with Crippen LogP contribution in [0, 0.1) is 19.8 Å². The van der Waals surface area contributed by atoms with E-state index < -0.39 is 58.5 Å². The molecule has 2 N–H and O–H groups in total. The van der Waals surface area contributed by atoms with Crippen LogP contribution in [-0.4, -0.2) is 63.3 Å². The topological polar surface area (TPSA) is 103 Å². The van der Waals surface area contributed by atoms with Gasteiger partial charge in [-0.3, -0.25) is 4.79 Å². The maximum Gasteiger partial charge on any atom is 0.407 e. The highest BCUT2D eigenvalue weighted by Crippen LogP contribution is 2.40. The van der Waals surface area contributed by atoms with Gasteiger partial charge in [-0.25, -0.2) is 4.79 Å². The lowest BCUT2D eigenvalue weighted by Gasteiger charge is -2.42. The van der Waals surface area contributed by atoms with Gasteiger partial charge in [-0.15, -0.1) is 0 Å².